The number of hydrogen-bond acceptors (Lipinski definition) is 5. The number of amides is 1. The van der Waals surface area contributed by atoms with E-state index in [1.54, 1.807) is 41.0 Å². The summed E-state index contributed by atoms with van der Waals surface area (Å²) in [5.74, 6) is -1.44. The summed E-state index contributed by atoms with van der Waals surface area (Å²) in [5, 5.41) is 0. The molecule has 0 aliphatic heterocycles. The van der Waals surface area contributed by atoms with Gasteiger partial charge in [0.1, 0.15) is 5.56 Å². The van der Waals surface area contributed by atoms with E-state index < -0.39 is 11.9 Å². The number of nitrogens with zero attached hydrogens (tertiary/aromatic N) is 2. The molecule has 22 heavy (non-hydrogen) atoms. The van der Waals surface area contributed by atoms with Gasteiger partial charge in [-0.3, -0.25) is 4.79 Å². The van der Waals surface area contributed by atoms with Crippen LogP contribution in [0.5, 0.6) is 0 Å². The molecule has 0 saturated carbocycles. The highest BCUT2D eigenvalue weighted by molar-refractivity contribution is 5.93. The quantitative estimate of drug-likeness (QED) is 0.429. The third-order valence-electron chi connectivity index (χ3n) is 2.84. The number of hydrogen-bond donors (Lipinski definition) is 0. The largest absolute Gasteiger partial charge is 0.466 e. The summed E-state index contributed by atoms with van der Waals surface area (Å²) >= 11 is 0. The summed E-state index contributed by atoms with van der Waals surface area (Å²) in [6.45, 7) is 2.41. The Morgan fingerprint density at radius 1 is 1.27 bits per heavy atom. The lowest BCUT2D eigenvalue weighted by atomic mass is 10.2. The van der Waals surface area contributed by atoms with Crippen molar-refractivity contribution >= 4 is 17.8 Å². The Kier molecular flexibility index (Phi) is 6.75. The van der Waals surface area contributed by atoms with E-state index >= 15 is 0 Å². The highest BCUT2D eigenvalue weighted by Crippen LogP contribution is 2.00. The molecule has 1 aromatic rings. The van der Waals surface area contributed by atoms with Crippen molar-refractivity contribution in [3.8, 4) is 0 Å². The highest BCUT2D eigenvalue weighted by atomic mass is 16.5. The summed E-state index contributed by atoms with van der Waals surface area (Å²) in [6.07, 6.45) is 5.21. The second kappa shape index (κ2) is 8.56. The molecule has 0 atom stereocenters. The first-order chi connectivity index (χ1) is 10.5. The average molecular weight is 307 g/mol. The van der Waals surface area contributed by atoms with Crippen molar-refractivity contribution in [2.75, 3.05) is 20.7 Å². The Balaban J connectivity index is 2.64. The second-order valence-electron chi connectivity index (χ2n) is 4.38. The molecular formula is C15H19N2O5+. The van der Waals surface area contributed by atoms with Gasteiger partial charge in [0.25, 0.3) is 12.6 Å². The average Bonchev–Trinajstić information content (AvgIpc) is 2.56. The standard InChI is InChI=1S/C15H19N2O5/c1-4-16(2)15(20)12-6-5-9-17(10-12)11-22-14(19)8-7-13(18)21-3/h5-10H,4,11H2,1-3H3/q+1/b8-7+. The molecule has 1 rings (SSSR count). The number of aromatic nitrogens is 1. The molecular weight excluding hydrogens is 288 g/mol. The van der Waals surface area contributed by atoms with Gasteiger partial charge in [-0.2, -0.15) is 4.57 Å². The molecule has 1 amide bonds. The number of carbonyl (C=O) groups excluding carboxylic acids is 3. The zero-order valence-corrected chi connectivity index (χ0v) is 12.8. The van der Waals surface area contributed by atoms with Gasteiger partial charge in [0, 0.05) is 31.8 Å². The summed E-state index contributed by atoms with van der Waals surface area (Å²) in [5.41, 5.74) is 0.494. The molecule has 0 fully saturated rings. The Morgan fingerprint density at radius 2 is 1.95 bits per heavy atom. The lowest BCUT2D eigenvalue weighted by Gasteiger charge is -2.13. The maximum atomic E-state index is 12.0. The van der Waals surface area contributed by atoms with Gasteiger partial charge in [-0.25, -0.2) is 9.59 Å². The van der Waals surface area contributed by atoms with Crippen molar-refractivity contribution in [1.82, 2.24) is 4.90 Å². The smallest absolute Gasteiger partial charge is 0.335 e. The van der Waals surface area contributed by atoms with E-state index in [0.717, 1.165) is 12.2 Å². The van der Waals surface area contributed by atoms with Crippen LogP contribution in [0.1, 0.15) is 17.3 Å². The number of pyridine rings is 1. The fourth-order valence-electron chi connectivity index (χ4n) is 1.48. The molecule has 7 nitrogen and oxygen atoms in total. The van der Waals surface area contributed by atoms with Crippen LogP contribution >= 0.6 is 0 Å². The third-order valence-corrected chi connectivity index (χ3v) is 2.84. The molecule has 7 heteroatoms. The number of rotatable bonds is 6. The molecule has 118 valence electrons. The summed E-state index contributed by atoms with van der Waals surface area (Å²) < 4.78 is 10.9. The molecule has 0 saturated heterocycles. The van der Waals surface area contributed by atoms with Gasteiger partial charge in [-0.15, -0.1) is 0 Å². The molecule has 0 N–H and O–H groups in total. The SMILES string of the molecule is CCN(C)C(=O)c1ccc[n+](COC(=O)/C=C/C(=O)OC)c1. The van der Waals surface area contributed by atoms with Gasteiger partial charge in [0.2, 0.25) is 0 Å². The van der Waals surface area contributed by atoms with Gasteiger partial charge in [0.05, 0.1) is 7.11 Å². The topological polar surface area (TPSA) is 76.8 Å². The number of methoxy groups -OCH3 is 1. The molecule has 0 aliphatic carbocycles. The summed E-state index contributed by atoms with van der Waals surface area (Å²) in [4.78, 5) is 35.8. The van der Waals surface area contributed by atoms with E-state index in [1.807, 2.05) is 6.92 Å². The van der Waals surface area contributed by atoms with Crippen molar-refractivity contribution in [2.24, 2.45) is 0 Å². The van der Waals surface area contributed by atoms with Crippen LogP contribution in [0.4, 0.5) is 0 Å². The molecule has 0 aliphatic rings. The first-order valence-corrected chi connectivity index (χ1v) is 6.65. The maximum Gasteiger partial charge on any atom is 0.335 e. The number of carbonyl (C=O) groups is 3. The fourth-order valence-corrected chi connectivity index (χ4v) is 1.48. The maximum absolute atomic E-state index is 12.0. The lowest BCUT2D eigenvalue weighted by Crippen LogP contribution is -2.37. The van der Waals surface area contributed by atoms with Crippen LogP contribution in [-0.2, 0) is 25.8 Å². The van der Waals surface area contributed by atoms with Crippen molar-refractivity contribution in [3.05, 3.63) is 42.2 Å². The Labute approximate surface area is 128 Å². The van der Waals surface area contributed by atoms with Crippen LogP contribution in [0.3, 0.4) is 0 Å². The van der Waals surface area contributed by atoms with Crippen molar-refractivity contribution in [3.63, 3.8) is 0 Å². The molecule has 1 aromatic heterocycles. The highest BCUT2D eigenvalue weighted by Gasteiger charge is 2.14. The van der Waals surface area contributed by atoms with E-state index in [2.05, 4.69) is 4.74 Å². The Morgan fingerprint density at radius 3 is 2.59 bits per heavy atom. The van der Waals surface area contributed by atoms with Gasteiger partial charge < -0.3 is 14.4 Å². The molecule has 0 unspecified atom stereocenters. The molecule has 0 aromatic carbocycles. The van der Waals surface area contributed by atoms with Crippen LogP contribution in [0.25, 0.3) is 0 Å². The zero-order chi connectivity index (χ0) is 16.5. The summed E-state index contributed by atoms with van der Waals surface area (Å²) in [7, 11) is 2.92. The van der Waals surface area contributed by atoms with Gasteiger partial charge in [-0.05, 0) is 13.0 Å². The Hall–Kier alpha value is -2.70. The predicted molar refractivity (Wildman–Crippen MR) is 76.5 cm³/mol. The summed E-state index contributed by atoms with van der Waals surface area (Å²) in [6, 6.07) is 3.37. The Bertz CT molecular complexity index is 583. The van der Waals surface area contributed by atoms with Crippen molar-refractivity contribution in [2.45, 2.75) is 13.7 Å². The third kappa shape index (κ3) is 5.35. The van der Waals surface area contributed by atoms with E-state index in [1.165, 1.54) is 7.11 Å². The van der Waals surface area contributed by atoms with Crippen LogP contribution in [0.15, 0.2) is 36.7 Å². The fraction of sp³-hybridized carbons (Fsp3) is 0.333. The monoisotopic (exact) mass is 307 g/mol. The van der Waals surface area contributed by atoms with Crippen LogP contribution in [0, 0.1) is 0 Å². The molecule has 0 bridgehead atoms. The molecule has 0 radical (unpaired) electrons. The van der Waals surface area contributed by atoms with E-state index in [4.69, 9.17) is 4.74 Å². The van der Waals surface area contributed by atoms with E-state index in [9.17, 15) is 14.4 Å². The van der Waals surface area contributed by atoms with Crippen molar-refractivity contribution in [1.29, 1.82) is 0 Å². The zero-order valence-electron chi connectivity index (χ0n) is 12.8. The first-order valence-electron chi connectivity index (χ1n) is 6.65. The van der Waals surface area contributed by atoms with Crippen LogP contribution in [0.2, 0.25) is 0 Å². The predicted octanol–water partition coefficient (Wildman–Crippen LogP) is 0.296. The first kappa shape index (κ1) is 17.4. The normalized spacial score (nSPS) is 10.3. The van der Waals surface area contributed by atoms with Crippen LogP contribution < -0.4 is 4.57 Å². The van der Waals surface area contributed by atoms with Gasteiger partial charge in [-0.1, -0.05) is 0 Å². The lowest BCUT2D eigenvalue weighted by molar-refractivity contribution is -0.727. The van der Waals surface area contributed by atoms with Crippen LogP contribution in [-0.4, -0.2) is 43.4 Å². The van der Waals surface area contributed by atoms with E-state index in [0.29, 0.717) is 12.1 Å². The minimum Gasteiger partial charge on any atom is -0.466 e. The second-order valence-corrected chi connectivity index (χ2v) is 4.38. The molecule has 0 spiro atoms. The van der Waals surface area contributed by atoms with Gasteiger partial charge in [0.15, 0.2) is 12.4 Å². The minimum absolute atomic E-state index is 0.0681. The number of ether oxygens (including phenoxy) is 2. The van der Waals surface area contributed by atoms with Crippen molar-refractivity contribution < 1.29 is 28.4 Å². The molecule has 1 heterocycles. The van der Waals surface area contributed by atoms with Gasteiger partial charge >= 0.3 is 11.9 Å². The minimum atomic E-state index is -0.680. The number of esters is 2. The van der Waals surface area contributed by atoms with E-state index in [-0.39, 0.29) is 12.6 Å².